The van der Waals surface area contributed by atoms with Gasteiger partial charge in [-0.1, -0.05) is 0 Å². The van der Waals surface area contributed by atoms with E-state index in [9.17, 15) is 8.78 Å². The average Bonchev–Trinajstić information content (AvgIpc) is 2.48. The molecule has 1 aromatic carbocycles. The van der Waals surface area contributed by atoms with Crippen molar-refractivity contribution in [2.24, 2.45) is 5.73 Å². The molecular weight excluding hydrogens is 355 g/mol. The fourth-order valence-corrected chi connectivity index (χ4v) is 4.21. The molecule has 1 rings (SSSR count). The molecule has 0 radical (unpaired) electrons. The van der Waals surface area contributed by atoms with Crippen molar-refractivity contribution in [1.82, 2.24) is 0 Å². The van der Waals surface area contributed by atoms with Crippen LogP contribution in [0.3, 0.4) is 0 Å². The molecule has 3 nitrogen and oxygen atoms in total. The molecular formula is C16H25F2NO2Se. The number of ether oxygens (including phenoxy) is 2. The molecule has 22 heavy (non-hydrogen) atoms. The second-order valence-corrected chi connectivity index (χ2v) is 7.65. The van der Waals surface area contributed by atoms with Gasteiger partial charge >= 0.3 is 137 Å². The minimum absolute atomic E-state index is 0.0726. The number of benzene rings is 1. The number of nitrogens with two attached hydrogens (primary N) is 1. The Bertz CT molecular complexity index is 470. The fourth-order valence-electron chi connectivity index (χ4n) is 2.16. The molecule has 0 aliphatic heterocycles. The van der Waals surface area contributed by atoms with Crippen molar-refractivity contribution in [3.05, 3.63) is 17.7 Å². The van der Waals surface area contributed by atoms with Crippen LogP contribution in [0.15, 0.2) is 12.1 Å². The summed E-state index contributed by atoms with van der Waals surface area (Å²) in [5.74, 6) is 1.10. The van der Waals surface area contributed by atoms with Gasteiger partial charge in [-0.3, -0.25) is 0 Å². The quantitative estimate of drug-likeness (QED) is 0.502. The Labute approximate surface area is 137 Å². The average molecular weight is 380 g/mol. The Morgan fingerprint density at radius 1 is 1.14 bits per heavy atom. The van der Waals surface area contributed by atoms with Crippen molar-refractivity contribution >= 4 is 19.4 Å². The molecule has 0 amide bonds. The molecule has 0 aliphatic carbocycles. The molecule has 0 saturated heterocycles. The fraction of sp³-hybridized carbons (Fsp3) is 0.625. The van der Waals surface area contributed by atoms with Crippen LogP contribution in [-0.4, -0.2) is 40.5 Å². The van der Waals surface area contributed by atoms with E-state index in [0.29, 0.717) is 35.3 Å². The van der Waals surface area contributed by atoms with E-state index in [-0.39, 0.29) is 6.42 Å². The number of rotatable bonds is 10. The van der Waals surface area contributed by atoms with E-state index in [1.54, 1.807) is 12.1 Å². The van der Waals surface area contributed by atoms with Crippen LogP contribution in [0, 0.1) is 0 Å². The van der Waals surface area contributed by atoms with E-state index < -0.39 is 19.8 Å². The van der Waals surface area contributed by atoms with Gasteiger partial charge in [0.25, 0.3) is 0 Å². The predicted molar refractivity (Wildman–Crippen MR) is 86.8 cm³/mol. The van der Waals surface area contributed by atoms with Crippen LogP contribution < -0.4 is 19.7 Å². The van der Waals surface area contributed by atoms with E-state index in [4.69, 9.17) is 15.2 Å². The number of alkyl halides is 2. The van der Waals surface area contributed by atoms with Crippen LogP contribution in [0.4, 0.5) is 8.78 Å². The summed E-state index contributed by atoms with van der Waals surface area (Å²) in [5.41, 5.74) is 6.46. The van der Waals surface area contributed by atoms with Crippen LogP contribution in [0.2, 0.25) is 0 Å². The van der Waals surface area contributed by atoms with Crippen LogP contribution in [0.25, 0.3) is 0 Å². The summed E-state index contributed by atoms with van der Waals surface area (Å²) in [4.78, 5) is -2.67. The van der Waals surface area contributed by atoms with Gasteiger partial charge in [-0.15, -0.1) is 0 Å². The van der Waals surface area contributed by atoms with Crippen LogP contribution in [0.1, 0.15) is 38.2 Å². The van der Waals surface area contributed by atoms with Crippen molar-refractivity contribution in [1.29, 1.82) is 0 Å². The second-order valence-electron chi connectivity index (χ2n) is 5.05. The normalized spacial score (nSPS) is 11.5. The molecule has 1 aromatic rings. The molecule has 6 heteroatoms. The molecule has 2 N–H and O–H groups in total. The molecule has 0 unspecified atom stereocenters. The SMILES string of the molecule is CCCCCC(F)(F)[Se]c1cc(OC)c(CCN)cc1OC. The van der Waals surface area contributed by atoms with Crippen LogP contribution in [0.5, 0.6) is 11.5 Å². The van der Waals surface area contributed by atoms with Crippen molar-refractivity contribution < 1.29 is 18.3 Å². The Hall–Kier alpha value is -0.841. The zero-order valence-corrected chi connectivity index (χ0v) is 15.2. The first-order valence-corrected chi connectivity index (χ1v) is 9.20. The van der Waals surface area contributed by atoms with Gasteiger partial charge in [0.1, 0.15) is 0 Å². The van der Waals surface area contributed by atoms with Crippen molar-refractivity contribution in [3.8, 4) is 11.5 Å². The topological polar surface area (TPSA) is 44.5 Å². The molecule has 0 aromatic heterocycles. The summed E-state index contributed by atoms with van der Waals surface area (Å²) >= 11 is -0.986. The number of hydrogen-bond donors (Lipinski definition) is 1. The summed E-state index contributed by atoms with van der Waals surface area (Å²) in [6, 6.07) is 3.45. The number of unbranched alkanes of at least 4 members (excludes halogenated alkanes) is 2. The Balaban J connectivity index is 2.97. The van der Waals surface area contributed by atoms with Gasteiger partial charge in [-0.25, -0.2) is 0 Å². The summed E-state index contributed by atoms with van der Waals surface area (Å²) in [6.45, 7) is 2.48. The molecule has 0 fully saturated rings. The number of methoxy groups -OCH3 is 2. The van der Waals surface area contributed by atoms with E-state index in [0.717, 1.165) is 18.4 Å². The molecule has 0 aliphatic rings. The third-order valence-electron chi connectivity index (χ3n) is 3.31. The van der Waals surface area contributed by atoms with Crippen molar-refractivity contribution in [2.75, 3.05) is 20.8 Å². The minimum atomic E-state index is -2.67. The van der Waals surface area contributed by atoms with Crippen LogP contribution >= 0.6 is 0 Å². The molecule has 0 saturated carbocycles. The van der Waals surface area contributed by atoms with Gasteiger partial charge in [0.05, 0.1) is 0 Å². The molecule has 126 valence electrons. The first kappa shape index (κ1) is 19.2. The van der Waals surface area contributed by atoms with Gasteiger partial charge < -0.3 is 0 Å². The summed E-state index contributed by atoms with van der Waals surface area (Å²) in [6.07, 6.45) is 2.88. The van der Waals surface area contributed by atoms with Gasteiger partial charge in [0.2, 0.25) is 0 Å². The molecule has 0 bridgehead atoms. The molecule has 0 atom stereocenters. The third-order valence-corrected chi connectivity index (χ3v) is 5.50. The van der Waals surface area contributed by atoms with E-state index in [1.165, 1.54) is 14.2 Å². The maximum atomic E-state index is 14.1. The first-order valence-electron chi connectivity index (χ1n) is 7.49. The first-order chi connectivity index (χ1) is 10.5. The summed E-state index contributed by atoms with van der Waals surface area (Å²) in [7, 11) is 3.04. The summed E-state index contributed by atoms with van der Waals surface area (Å²) < 4.78 is 39.4. The number of hydrogen-bond acceptors (Lipinski definition) is 3. The van der Waals surface area contributed by atoms with Crippen LogP contribution in [-0.2, 0) is 6.42 Å². The third kappa shape index (κ3) is 5.75. The maximum absolute atomic E-state index is 14.1. The van der Waals surface area contributed by atoms with E-state index in [2.05, 4.69) is 0 Å². The summed E-state index contributed by atoms with van der Waals surface area (Å²) in [5, 5.41) is 0. The zero-order valence-electron chi connectivity index (χ0n) is 13.5. The Morgan fingerprint density at radius 2 is 1.82 bits per heavy atom. The zero-order chi connectivity index (χ0) is 16.6. The van der Waals surface area contributed by atoms with Gasteiger partial charge in [-0.2, -0.15) is 0 Å². The second kappa shape index (κ2) is 9.33. The Morgan fingerprint density at radius 3 is 2.36 bits per heavy atom. The monoisotopic (exact) mass is 381 g/mol. The van der Waals surface area contributed by atoms with Crippen molar-refractivity contribution in [2.45, 2.75) is 43.8 Å². The Kier molecular flexibility index (Phi) is 8.15. The number of halogens is 2. The molecule has 0 spiro atoms. The standard InChI is InChI=1S/C16H25F2NO2Se/c1-4-5-6-8-16(17,18)22-15-11-13(20-2)12(7-9-19)10-14(15)21-3/h10-11H,4-9,19H2,1-3H3. The van der Waals surface area contributed by atoms with E-state index >= 15 is 0 Å². The van der Waals surface area contributed by atoms with Gasteiger partial charge in [-0.05, 0) is 0 Å². The van der Waals surface area contributed by atoms with E-state index in [1.807, 2.05) is 6.92 Å². The van der Waals surface area contributed by atoms with Gasteiger partial charge in [0, 0.05) is 0 Å². The molecule has 0 heterocycles. The van der Waals surface area contributed by atoms with Gasteiger partial charge in [0.15, 0.2) is 0 Å². The predicted octanol–water partition coefficient (Wildman–Crippen LogP) is 2.71. The van der Waals surface area contributed by atoms with Crippen molar-refractivity contribution in [3.63, 3.8) is 0 Å².